The molecule has 23 heavy (non-hydrogen) atoms. The van der Waals surface area contributed by atoms with E-state index in [-0.39, 0.29) is 24.6 Å². The highest BCUT2D eigenvalue weighted by Gasteiger charge is 2.14. The minimum absolute atomic E-state index is 0.0151. The number of carbonyl (C=O) groups excluding carboxylic acids is 1. The number of hydrogen-bond acceptors (Lipinski definition) is 4. The van der Waals surface area contributed by atoms with Gasteiger partial charge in [-0.2, -0.15) is 0 Å². The van der Waals surface area contributed by atoms with Crippen LogP contribution in [-0.2, 0) is 4.79 Å². The van der Waals surface area contributed by atoms with Crippen molar-refractivity contribution in [2.75, 3.05) is 11.9 Å². The molecule has 0 aliphatic heterocycles. The number of carbonyl (C=O) groups is 1. The molecule has 6 nitrogen and oxygen atoms in total. The highest BCUT2D eigenvalue weighted by atomic mass is 16.6. The summed E-state index contributed by atoms with van der Waals surface area (Å²) in [6, 6.07) is 12.1. The lowest BCUT2D eigenvalue weighted by atomic mass is 10.1. The molecule has 1 amide bonds. The summed E-state index contributed by atoms with van der Waals surface area (Å²) in [5.41, 5.74) is 2.00. The zero-order chi connectivity index (χ0) is 16.8. The van der Waals surface area contributed by atoms with Gasteiger partial charge in [0.05, 0.1) is 29.2 Å². The molecule has 0 aromatic heterocycles. The standard InChI is InChI=1S/C17H18N2O4/c1-12-6-8-14(9-7-12)23-11-10-17(20)18-15-4-3-5-16(13(15)2)19(21)22/h3-9H,10-11H2,1-2H3,(H,18,20). The van der Waals surface area contributed by atoms with E-state index in [0.717, 1.165) is 5.56 Å². The highest BCUT2D eigenvalue weighted by molar-refractivity contribution is 5.92. The van der Waals surface area contributed by atoms with E-state index in [1.807, 2.05) is 31.2 Å². The van der Waals surface area contributed by atoms with Crippen molar-refractivity contribution in [1.82, 2.24) is 0 Å². The van der Waals surface area contributed by atoms with Gasteiger partial charge in [0.15, 0.2) is 0 Å². The molecule has 0 spiro atoms. The zero-order valence-corrected chi connectivity index (χ0v) is 13.0. The maximum absolute atomic E-state index is 11.9. The Balaban J connectivity index is 1.89. The second-order valence-corrected chi connectivity index (χ2v) is 5.17. The first-order valence-corrected chi connectivity index (χ1v) is 7.20. The van der Waals surface area contributed by atoms with Crippen molar-refractivity contribution in [1.29, 1.82) is 0 Å². The zero-order valence-electron chi connectivity index (χ0n) is 13.0. The number of nitro benzene ring substituents is 1. The lowest BCUT2D eigenvalue weighted by Gasteiger charge is -2.09. The van der Waals surface area contributed by atoms with Crippen molar-refractivity contribution in [3.63, 3.8) is 0 Å². The third kappa shape index (κ3) is 4.54. The normalized spacial score (nSPS) is 10.2. The van der Waals surface area contributed by atoms with Crippen molar-refractivity contribution in [3.05, 3.63) is 63.7 Å². The molecule has 1 N–H and O–H groups in total. The number of aryl methyl sites for hydroxylation is 1. The largest absolute Gasteiger partial charge is 0.493 e. The number of rotatable bonds is 6. The Bertz CT molecular complexity index is 711. The maximum atomic E-state index is 11.9. The van der Waals surface area contributed by atoms with Gasteiger partial charge >= 0.3 is 0 Å². The smallest absolute Gasteiger partial charge is 0.274 e. The molecule has 2 rings (SSSR count). The van der Waals surface area contributed by atoms with Crippen LogP contribution in [0.15, 0.2) is 42.5 Å². The van der Waals surface area contributed by atoms with Gasteiger partial charge in [-0.3, -0.25) is 14.9 Å². The minimum Gasteiger partial charge on any atom is -0.493 e. The van der Waals surface area contributed by atoms with Crippen LogP contribution in [0.4, 0.5) is 11.4 Å². The molecule has 0 radical (unpaired) electrons. The van der Waals surface area contributed by atoms with Crippen LogP contribution in [0.5, 0.6) is 5.75 Å². The Morgan fingerprint density at radius 3 is 2.52 bits per heavy atom. The third-order valence-corrected chi connectivity index (χ3v) is 3.39. The van der Waals surface area contributed by atoms with Crippen LogP contribution in [0.1, 0.15) is 17.5 Å². The summed E-state index contributed by atoms with van der Waals surface area (Å²) in [5, 5.41) is 13.6. The number of amides is 1. The van der Waals surface area contributed by atoms with Crippen LogP contribution in [0.25, 0.3) is 0 Å². The van der Waals surface area contributed by atoms with Gasteiger partial charge in [-0.05, 0) is 32.0 Å². The lowest BCUT2D eigenvalue weighted by molar-refractivity contribution is -0.385. The van der Waals surface area contributed by atoms with Crippen LogP contribution in [-0.4, -0.2) is 17.4 Å². The van der Waals surface area contributed by atoms with Crippen LogP contribution < -0.4 is 10.1 Å². The van der Waals surface area contributed by atoms with Crippen molar-refractivity contribution in [3.8, 4) is 5.75 Å². The summed E-state index contributed by atoms with van der Waals surface area (Å²) in [6.07, 6.45) is 0.163. The summed E-state index contributed by atoms with van der Waals surface area (Å²) >= 11 is 0. The predicted octanol–water partition coefficient (Wildman–Crippen LogP) is 3.62. The molecule has 2 aromatic carbocycles. The molecule has 0 unspecified atom stereocenters. The fourth-order valence-corrected chi connectivity index (χ4v) is 2.07. The molecule has 6 heteroatoms. The van der Waals surface area contributed by atoms with Crippen LogP contribution >= 0.6 is 0 Å². The number of ether oxygens (including phenoxy) is 1. The molecule has 0 saturated heterocycles. The van der Waals surface area contributed by atoms with E-state index >= 15 is 0 Å². The van der Waals surface area contributed by atoms with Crippen LogP contribution in [0.3, 0.4) is 0 Å². The molecule has 0 aliphatic rings. The maximum Gasteiger partial charge on any atom is 0.274 e. The van der Waals surface area contributed by atoms with Gasteiger partial charge in [-0.1, -0.05) is 23.8 Å². The molecule has 0 aliphatic carbocycles. The number of hydrogen-bond donors (Lipinski definition) is 1. The topological polar surface area (TPSA) is 81.5 Å². The molecule has 120 valence electrons. The van der Waals surface area contributed by atoms with Gasteiger partial charge in [-0.15, -0.1) is 0 Å². The fourth-order valence-electron chi connectivity index (χ4n) is 2.07. The van der Waals surface area contributed by atoms with E-state index in [9.17, 15) is 14.9 Å². The number of nitrogens with zero attached hydrogens (tertiary/aromatic N) is 1. The van der Waals surface area contributed by atoms with Crippen LogP contribution in [0.2, 0.25) is 0 Å². The van der Waals surface area contributed by atoms with E-state index in [1.54, 1.807) is 19.1 Å². The summed E-state index contributed by atoms with van der Waals surface area (Å²) < 4.78 is 5.49. The van der Waals surface area contributed by atoms with Crippen molar-refractivity contribution in [2.45, 2.75) is 20.3 Å². The molecule has 0 atom stereocenters. The molecule has 0 bridgehead atoms. The monoisotopic (exact) mass is 314 g/mol. The van der Waals surface area contributed by atoms with Gasteiger partial charge < -0.3 is 10.1 Å². The first kappa shape index (κ1) is 16.5. The number of nitrogens with one attached hydrogen (secondary N) is 1. The second kappa shape index (κ2) is 7.40. The summed E-state index contributed by atoms with van der Waals surface area (Å²) in [6.45, 7) is 3.83. The van der Waals surface area contributed by atoms with E-state index in [1.165, 1.54) is 6.07 Å². The fraction of sp³-hybridized carbons (Fsp3) is 0.235. The summed E-state index contributed by atoms with van der Waals surface area (Å²) in [4.78, 5) is 22.3. The quantitative estimate of drug-likeness (QED) is 0.652. The molecule has 2 aromatic rings. The highest BCUT2D eigenvalue weighted by Crippen LogP contribution is 2.25. The number of anilines is 1. The first-order chi connectivity index (χ1) is 11.0. The third-order valence-electron chi connectivity index (χ3n) is 3.39. The van der Waals surface area contributed by atoms with E-state index in [0.29, 0.717) is 17.0 Å². The Hall–Kier alpha value is -2.89. The van der Waals surface area contributed by atoms with Gasteiger partial charge in [0.1, 0.15) is 5.75 Å². The van der Waals surface area contributed by atoms with Gasteiger partial charge in [-0.25, -0.2) is 0 Å². The summed E-state index contributed by atoms with van der Waals surface area (Å²) in [5.74, 6) is 0.454. The number of benzene rings is 2. The van der Waals surface area contributed by atoms with Crippen molar-refractivity contribution < 1.29 is 14.5 Å². The first-order valence-electron chi connectivity index (χ1n) is 7.20. The van der Waals surface area contributed by atoms with E-state index in [4.69, 9.17) is 4.74 Å². The van der Waals surface area contributed by atoms with Crippen molar-refractivity contribution >= 4 is 17.3 Å². The minimum atomic E-state index is -0.467. The molecular formula is C17H18N2O4. The molecule has 0 fully saturated rings. The molecular weight excluding hydrogens is 296 g/mol. The Morgan fingerprint density at radius 1 is 1.17 bits per heavy atom. The van der Waals surface area contributed by atoms with Gasteiger partial charge in [0, 0.05) is 6.07 Å². The van der Waals surface area contributed by atoms with Crippen molar-refractivity contribution in [2.24, 2.45) is 0 Å². The predicted molar refractivity (Wildman–Crippen MR) is 87.8 cm³/mol. The average Bonchev–Trinajstić information content (AvgIpc) is 2.51. The SMILES string of the molecule is Cc1ccc(OCCC(=O)Nc2cccc([N+](=O)[O-])c2C)cc1. The van der Waals surface area contributed by atoms with Gasteiger partial charge in [0.25, 0.3) is 5.69 Å². The number of nitro groups is 1. The Morgan fingerprint density at radius 2 is 1.87 bits per heavy atom. The van der Waals surface area contributed by atoms with E-state index < -0.39 is 4.92 Å². The second-order valence-electron chi connectivity index (χ2n) is 5.17. The molecule has 0 saturated carbocycles. The molecule has 0 heterocycles. The van der Waals surface area contributed by atoms with Gasteiger partial charge in [0.2, 0.25) is 5.91 Å². The Kier molecular flexibility index (Phi) is 5.30. The van der Waals surface area contributed by atoms with Crippen LogP contribution in [0, 0.1) is 24.0 Å². The lowest BCUT2D eigenvalue weighted by Crippen LogP contribution is -2.16. The summed E-state index contributed by atoms with van der Waals surface area (Å²) in [7, 11) is 0. The Labute approximate surface area is 134 Å². The van der Waals surface area contributed by atoms with E-state index in [2.05, 4.69) is 5.32 Å². The average molecular weight is 314 g/mol.